The first-order chi connectivity index (χ1) is 20.3. The number of allylic oxidation sites excluding steroid dienone is 1. The summed E-state index contributed by atoms with van der Waals surface area (Å²) in [6.45, 7) is 3.37. The van der Waals surface area contributed by atoms with Gasteiger partial charge in [0, 0.05) is 60.9 Å². The topological polar surface area (TPSA) is 112 Å². The summed E-state index contributed by atoms with van der Waals surface area (Å²) in [5.41, 5.74) is 1.76. The number of amides is 2. The highest BCUT2D eigenvalue weighted by molar-refractivity contribution is 6.31. The number of rotatable bonds is 10. The molecule has 0 bridgehead atoms. The molecule has 2 aliphatic heterocycles. The molecule has 0 saturated carbocycles. The lowest BCUT2D eigenvalue weighted by molar-refractivity contribution is -0.139. The fourth-order valence-corrected chi connectivity index (χ4v) is 6.01. The predicted octanol–water partition coefficient (Wildman–Crippen LogP) is 4.78. The second-order valence-corrected chi connectivity index (χ2v) is 11.6. The number of aromatic nitrogens is 3. The van der Waals surface area contributed by atoms with Crippen LogP contribution in [0.4, 0.5) is 11.4 Å². The predicted molar refractivity (Wildman–Crippen MR) is 162 cm³/mol. The van der Waals surface area contributed by atoms with Crippen LogP contribution in [0.1, 0.15) is 62.3 Å². The van der Waals surface area contributed by atoms with E-state index in [9.17, 15) is 14.7 Å². The molecule has 222 valence electrons. The molecule has 10 heteroatoms. The molecule has 1 aromatic heterocycles. The first-order valence-electron chi connectivity index (χ1n) is 14.7. The van der Waals surface area contributed by atoms with Crippen molar-refractivity contribution in [3.8, 4) is 0 Å². The number of aryl methyl sites for hydroxylation is 1. The first kappa shape index (κ1) is 29.9. The van der Waals surface area contributed by atoms with Crippen LogP contribution in [-0.2, 0) is 34.7 Å². The van der Waals surface area contributed by atoms with Crippen molar-refractivity contribution in [2.75, 3.05) is 23.0 Å². The van der Waals surface area contributed by atoms with Crippen LogP contribution in [0.2, 0.25) is 5.02 Å². The Hall–Kier alpha value is -3.53. The summed E-state index contributed by atoms with van der Waals surface area (Å²) >= 11 is 6.35. The van der Waals surface area contributed by atoms with Crippen molar-refractivity contribution in [3.05, 3.63) is 82.7 Å². The van der Waals surface area contributed by atoms with Crippen molar-refractivity contribution >= 4 is 34.8 Å². The highest BCUT2D eigenvalue weighted by Crippen LogP contribution is 2.46. The number of anilines is 2. The first-order valence-corrected chi connectivity index (χ1v) is 15.1. The van der Waals surface area contributed by atoms with Gasteiger partial charge in [0.2, 0.25) is 5.91 Å². The zero-order valence-corrected chi connectivity index (χ0v) is 24.7. The summed E-state index contributed by atoms with van der Waals surface area (Å²) in [5, 5.41) is 29.6. The molecule has 2 amide bonds. The summed E-state index contributed by atoms with van der Waals surface area (Å²) < 4.78 is 1.71. The van der Waals surface area contributed by atoms with E-state index in [4.69, 9.17) is 16.7 Å². The number of benzene rings is 2. The Bertz CT molecular complexity index is 1460. The maximum atomic E-state index is 14.0. The number of fused-ring (bicyclic) bond motifs is 1. The van der Waals surface area contributed by atoms with E-state index in [1.54, 1.807) is 34.0 Å². The van der Waals surface area contributed by atoms with Crippen molar-refractivity contribution < 1.29 is 19.8 Å². The van der Waals surface area contributed by atoms with Gasteiger partial charge in [0.1, 0.15) is 0 Å². The minimum atomic E-state index is -1.78. The minimum absolute atomic E-state index is 0.0226. The zero-order valence-electron chi connectivity index (χ0n) is 24.0. The van der Waals surface area contributed by atoms with Crippen LogP contribution in [0, 0.1) is 5.92 Å². The average molecular weight is 592 g/mol. The van der Waals surface area contributed by atoms with Crippen LogP contribution in [0.3, 0.4) is 0 Å². The van der Waals surface area contributed by atoms with Gasteiger partial charge in [-0.1, -0.05) is 60.9 Å². The van der Waals surface area contributed by atoms with E-state index in [2.05, 4.69) is 10.3 Å². The Morgan fingerprint density at radius 3 is 2.79 bits per heavy atom. The van der Waals surface area contributed by atoms with Gasteiger partial charge in [-0.15, -0.1) is 5.10 Å². The van der Waals surface area contributed by atoms with Crippen molar-refractivity contribution in [1.82, 2.24) is 15.0 Å². The molecule has 0 unspecified atom stereocenters. The SMILES string of the molecule is C[C@@H](/C=C/CCn1cc(CCO)nn1)[C@]1(O)C(=O)N(Cc2cccc(N3CCCCCCC3=O)c2)c2ccc(Cl)cc21. The number of carbonyl (C=O) groups is 2. The number of aliphatic hydroxyl groups excluding tert-OH is 1. The van der Waals surface area contributed by atoms with Crippen LogP contribution in [0.25, 0.3) is 0 Å². The third-order valence-corrected chi connectivity index (χ3v) is 8.42. The number of aliphatic hydroxyl groups is 2. The van der Waals surface area contributed by atoms with Gasteiger partial charge >= 0.3 is 0 Å². The molecule has 0 spiro atoms. The summed E-state index contributed by atoms with van der Waals surface area (Å²) in [7, 11) is 0. The molecular formula is C32H38ClN5O4. The smallest absolute Gasteiger partial charge is 0.264 e. The van der Waals surface area contributed by atoms with Gasteiger partial charge in [-0.05, 0) is 55.2 Å². The minimum Gasteiger partial charge on any atom is -0.396 e. The molecule has 3 heterocycles. The van der Waals surface area contributed by atoms with Gasteiger partial charge < -0.3 is 20.0 Å². The van der Waals surface area contributed by atoms with Crippen LogP contribution < -0.4 is 9.80 Å². The van der Waals surface area contributed by atoms with E-state index in [1.807, 2.05) is 48.2 Å². The standard InChI is InChI=1S/C32H38ClN5O4/c1-23(9-5-7-16-36-22-26(15-18-39)34-35-36)32(42)28-20-25(33)13-14-29(28)38(31(32)41)21-24-10-8-11-27(19-24)37-17-6-3-2-4-12-30(37)40/h5,8-11,13-14,19-20,22-23,39,42H,2-4,6-7,12,15-18,21H2,1H3/b9-5+/t23-,32+/m0/s1. The van der Waals surface area contributed by atoms with Crippen molar-refractivity contribution in [3.63, 3.8) is 0 Å². The van der Waals surface area contributed by atoms with Gasteiger partial charge in [0.15, 0.2) is 5.60 Å². The molecule has 0 radical (unpaired) electrons. The van der Waals surface area contributed by atoms with Gasteiger partial charge in [-0.25, -0.2) is 0 Å². The molecular weight excluding hydrogens is 554 g/mol. The highest BCUT2D eigenvalue weighted by Gasteiger charge is 2.52. The quantitative estimate of drug-likeness (QED) is 0.328. The van der Waals surface area contributed by atoms with Crippen molar-refractivity contribution in [2.45, 2.75) is 70.6 Å². The summed E-state index contributed by atoms with van der Waals surface area (Å²) in [6.07, 6.45) is 11.3. The van der Waals surface area contributed by atoms with Gasteiger partial charge in [-0.3, -0.25) is 14.3 Å². The Labute approximate surface area is 251 Å². The molecule has 0 aliphatic carbocycles. The Balaban J connectivity index is 1.34. The second-order valence-electron chi connectivity index (χ2n) is 11.2. The maximum Gasteiger partial charge on any atom is 0.264 e. The number of nitrogens with zero attached hydrogens (tertiary/aromatic N) is 5. The van der Waals surface area contributed by atoms with Crippen molar-refractivity contribution in [1.29, 1.82) is 0 Å². The second kappa shape index (κ2) is 13.2. The van der Waals surface area contributed by atoms with Crippen molar-refractivity contribution in [2.24, 2.45) is 5.92 Å². The lowest BCUT2D eigenvalue weighted by atomic mass is 9.83. The van der Waals surface area contributed by atoms with Crippen LogP contribution in [0.15, 0.2) is 60.8 Å². The monoisotopic (exact) mass is 591 g/mol. The molecule has 1 fully saturated rings. The van der Waals surface area contributed by atoms with E-state index in [-0.39, 0.29) is 19.1 Å². The molecule has 2 N–H and O–H groups in total. The normalized spacial score (nSPS) is 20.2. The fourth-order valence-electron chi connectivity index (χ4n) is 5.84. The van der Waals surface area contributed by atoms with Crippen LogP contribution in [-0.4, -0.2) is 50.2 Å². The molecule has 2 atom stereocenters. The molecule has 42 heavy (non-hydrogen) atoms. The van der Waals surface area contributed by atoms with E-state index in [0.29, 0.717) is 48.6 Å². The average Bonchev–Trinajstić information content (AvgIpc) is 3.50. The van der Waals surface area contributed by atoms with E-state index >= 15 is 0 Å². The summed E-state index contributed by atoms with van der Waals surface area (Å²) in [6, 6.07) is 13.0. The lowest BCUT2D eigenvalue weighted by Crippen LogP contribution is -2.44. The van der Waals surface area contributed by atoms with E-state index in [0.717, 1.165) is 42.6 Å². The van der Waals surface area contributed by atoms with Crippen LogP contribution >= 0.6 is 11.6 Å². The summed E-state index contributed by atoms with van der Waals surface area (Å²) in [4.78, 5) is 30.3. The third-order valence-electron chi connectivity index (χ3n) is 8.18. The number of halogens is 1. The number of carbonyl (C=O) groups excluding carboxylic acids is 2. The molecule has 2 aromatic carbocycles. The largest absolute Gasteiger partial charge is 0.396 e. The number of hydrogen-bond donors (Lipinski definition) is 2. The molecule has 1 saturated heterocycles. The summed E-state index contributed by atoms with van der Waals surface area (Å²) in [5.74, 6) is -0.805. The third kappa shape index (κ3) is 6.28. The van der Waals surface area contributed by atoms with E-state index < -0.39 is 17.4 Å². The van der Waals surface area contributed by atoms with Gasteiger partial charge in [0.25, 0.3) is 5.91 Å². The Morgan fingerprint density at radius 1 is 1.12 bits per heavy atom. The Morgan fingerprint density at radius 2 is 1.95 bits per heavy atom. The number of hydrogen-bond acceptors (Lipinski definition) is 6. The zero-order chi connectivity index (χ0) is 29.7. The van der Waals surface area contributed by atoms with Gasteiger partial charge in [0.05, 0.1) is 17.9 Å². The lowest BCUT2D eigenvalue weighted by Gasteiger charge is -2.28. The molecule has 5 rings (SSSR count). The van der Waals surface area contributed by atoms with Gasteiger partial charge in [-0.2, -0.15) is 0 Å². The van der Waals surface area contributed by atoms with E-state index in [1.165, 1.54) is 0 Å². The molecule has 3 aromatic rings. The Kier molecular flexibility index (Phi) is 9.40. The maximum absolute atomic E-state index is 14.0. The molecule has 2 aliphatic rings. The van der Waals surface area contributed by atoms with Crippen LogP contribution in [0.5, 0.6) is 0 Å². The highest BCUT2D eigenvalue weighted by atomic mass is 35.5. The fraction of sp³-hybridized carbons (Fsp3) is 0.438. The molecule has 9 nitrogen and oxygen atoms in total.